The maximum Gasteiger partial charge on any atom is 0.241 e. The fourth-order valence-electron chi connectivity index (χ4n) is 2.67. The molecule has 1 heterocycles. The van der Waals surface area contributed by atoms with Crippen molar-refractivity contribution in [3.05, 3.63) is 29.8 Å². The van der Waals surface area contributed by atoms with E-state index in [4.69, 9.17) is 4.74 Å². The second-order valence-electron chi connectivity index (χ2n) is 5.31. The number of hydrogen-bond acceptors (Lipinski definition) is 4. The van der Waals surface area contributed by atoms with Crippen LogP contribution >= 0.6 is 0 Å². The summed E-state index contributed by atoms with van der Waals surface area (Å²) in [7, 11) is 0. The van der Waals surface area contributed by atoms with Gasteiger partial charge >= 0.3 is 0 Å². The van der Waals surface area contributed by atoms with E-state index >= 15 is 0 Å². The minimum Gasteiger partial charge on any atom is -0.395 e. The van der Waals surface area contributed by atoms with E-state index in [1.165, 1.54) is 0 Å². The Labute approximate surface area is 126 Å². The molecule has 2 rings (SSSR count). The van der Waals surface area contributed by atoms with E-state index in [0.29, 0.717) is 32.8 Å². The topological polar surface area (TPSA) is 53.0 Å². The summed E-state index contributed by atoms with van der Waals surface area (Å²) in [4.78, 5) is 16.4. The molecule has 0 spiro atoms. The molecule has 5 heteroatoms. The van der Waals surface area contributed by atoms with E-state index in [1.807, 2.05) is 43.0 Å². The second-order valence-corrected chi connectivity index (χ2v) is 5.31. The van der Waals surface area contributed by atoms with Crippen LogP contribution in [0.3, 0.4) is 0 Å². The quantitative estimate of drug-likeness (QED) is 0.881. The normalized spacial score (nSPS) is 19.5. The van der Waals surface area contributed by atoms with Crippen LogP contribution in [0.15, 0.2) is 24.3 Å². The van der Waals surface area contributed by atoms with Crippen LogP contribution in [0.4, 0.5) is 5.69 Å². The number of rotatable bonds is 5. The molecule has 0 aromatic heterocycles. The molecule has 1 unspecified atom stereocenters. The summed E-state index contributed by atoms with van der Waals surface area (Å²) in [5.41, 5.74) is 2.05. The van der Waals surface area contributed by atoms with Gasteiger partial charge in [-0.2, -0.15) is 0 Å². The van der Waals surface area contributed by atoms with Crippen LogP contribution in [0.5, 0.6) is 0 Å². The van der Waals surface area contributed by atoms with Crippen molar-refractivity contribution < 1.29 is 14.6 Å². The molecule has 1 aliphatic heterocycles. The lowest BCUT2D eigenvalue weighted by molar-refractivity contribution is -0.122. The van der Waals surface area contributed by atoms with E-state index in [-0.39, 0.29) is 18.6 Å². The van der Waals surface area contributed by atoms with Gasteiger partial charge in [0, 0.05) is 18.8 Å². The van der Waals surface area contributed by atoms with Gasteiger partial charge in [-0.15, -0.1) is 0 Å². The Morgan fingerprint density at radius 3 is 2.90 bits per heavy atom. The zero-order valence-electron chi connectivity index (χ0n) is 12.8. The predicted molar refractivity (Wildman–Crippen MR) is 82.5 cm³/mol. The van der Waals surface area contributed by atoms with Crippen molar-refractivity contribution in [2.75, 3.05) is 44.4 Å². The molecule has 0 aliphatic carbocycles. The number of benzene rings is 1. The van der Waals surface area contributed by atoms with Gasteiger partial charge in [0.15, 0.2) is 0 Å². The number of aryl methyl sites for hydroxylation is 1. The lowest BCUT2D eigenvalue weighted by Crippen LogP contribution is -2.52. The molecule has 21 heavy (non-hydrogen) atoms. The highest BCUT2D eigenvalue weighted by atomic mass is 16.5. The van der Waals surface area contributed by atoms with Gasteiger partial charge in [-0.25, -0.2) is 0 Å². The first-order valence-corrected chi connectivity index (χ1v) is 7.46. The number of para-hydroxylation sites is 1. The van der Waals surface area contributed by atoms with Crippen molar-refractivity contribution >= 4 is 11.6 Å². The molecular weight excluding hydrogens is 268 g/mol. The smallest absolute Gasteiger partial charge is 0.241 e. The number of hydrogen-bond donors (Lipinski definition) is 1. The van der Waals surface area contributed by atoms with Crippen LogP contribution < -0.4 is 4.90 Å². The van der Waals surface area contributed by atoms with E-state index < -0.39 is 0 Å². The molecule has 1 atom stereocenters. The van der Waals surface area contributed by atoms with E-state index in [0.717, 1.165) is 11.3 Å². The Hall–Kier alpha value is -1.43. The van der Waals surface area contributed by atoms with Crippen LogP contribution in [-0.4, -0.2) is 61.4 Å². The second kappa shape index (κ2) is 7.54. The lowest BCUT2D eigenvalue weighted by Gasteiger charge is -2.35. The van der Waals surface area contributed by atoms with Crippen molar-refractivity contribution in [1.82, 2.24) is 4.90 Å². The Kier molecular flexibility index (Phi) is 5.73. The number of carbonyl (C=O) groups excluding carboxylic acids is 1. The van der Waals surface area contributed by atoms with Crippen molar-refractivity contribution in [1.29, 1.82) is 0 Å². The molecule has 1 N–H and O–H groups in total. The predicted octanol–water partition coefficient (Wildman–Crippen LogP) is 1.04. The molecule has 0 saturated carbocycles. The number of amides is 1. The highest BCUT2D eigenvalue weighted by molar-refractivity contribution is 5.95. The average molecular weight is 292 g/mol. The first-order valence-electron chi connectivity index (χ1n) is 7.46. The molecule has 1 fully saturated rings. The third kappa shape index (κ3) is 3.81. The number of carbonyl (C=O) groups is 1. The summed E-state index contributed by atoms with van der Waals surface area (Å²) >= 11 is 0. The highest BCUT2D eigenvalue weighted by Crippen LogP contribution is 2.20. The van der Waals surface area contributed by atoms with Crippen LogP contribution in [-0.2, 0) is 9.53 Å². The van der Waals surface area contributed by atoms with Crippen LogP contribution in [0.2, 0.25) is 0 Å². The largest absolute Gasteiger partial charge is 0.395 e. The van der Waals surface area contributed by atoms with E-state index in [9.17, 15) is 9.90 Å². The Balaban J connectivity index is 2.08. The SMILES string of the molecule is CCN(C(=O)CN1CCOCC1CO)c1ccccc1C. The number of ether oxygens (including phenoxy) is 1. The molecule has 1 amide bonds. The molecule has 0 radical (unpaired) electrons. The van der Waals surface area contributed by atoms with Gasteiger partial charge in [0.05, 0.1) is 32.4 Å². The summed E-state index contributed by atoms with van der Waals surface area (Å²) in [6.45, 7) is 6.74. The van der Waals surface area contributed by atoms with Crippen LogP contribution in [0.1, 0.15) is 12.5 Å². The molecule has 5 nitrogen and oxygen atoms in total. The highest BCUT2D eigenvalue weighted by Gasteiger charge is 2.26. The Morgan fingerprint density at radius 1 is 1.48 bits per heavy atom. The van der Waals surface area contributed by atoms with Gasteiger partial charge < -0.3 is 14.7 Å². The number of morpholine rings is 1. The zero-order chi connectivity index (χ0) is 15.2. The molecule has 0 bridgehead atoms. The number of likely N-dealkylation sites (N-methyl/N-ethyl adjacent to an activating group) is 1. The zero-order valence-corrected chi connectivity index (χ0v) is 12.8. The monoisotopic (exact) mass is 292 g/mol. The molecule has 116 valence electrons. The van der Waals surface area contributed by atoms with Crippen LogP contribution in [0, 0.1) is 6.92 Å². The fourth-order valence-corrected chi connectivity index (χ4v) is 2.67. The first-order chi connectivity index (χ1) is 10.2. The first kappa shape index (κ1) is 15.9. The maximum atomic E-state index is 12.6. The Bertz CT molecular complexity index is 478. The lowest BCUT2D eigenvalue weighted by atomic mass is 10.1. The van der Waals surface area contributed by atoms with Gasteiger partial charge in [-0.3, -0.25) is 9.69 Å². The summed E-state index contributed by atoms with van der Waals surface area (Å²) in [5, 5.41) is 9.38. The number of anilines is 1. The minimum atomic E-state index is -0.0849. The maximum absolute atomic E-state index is 12.6. The third-order valence-corrected chi connectivity index (χ3v) is 3.92. The van der Waals surface area contributed by atoms with Gasteiger partial charge in [-0.1, -0.05) is 18.2 Å². The minimum absolute atomic E-state index is 0.0176. The molecule has 1 saturated heterocycles. The number of aliphatic hydroxyl groups is 1. The number of nitrogens with zero attached hydrogens (tertiary/aromatic N) is 2. The van der Waals surface area contributed by atoms with Crippen molar-refractivity contribution in [2.45, 2.75) is 19.9 Å². The molecule has 1 aromatic rings. The summed E-state index contributed by atoms with van der Waals surface area (Å²) in [6, 6.07) is 7.82. The molecule has 1 aliphatic rings. The number of aliphatic hydroxyl groups excluding tert-OH is 1. The van der Waals surface area contributed by atoms with Gasteiger partial charge in [0.25, 0.3) is 0 Å². The Morgan fingerprint density at radius 2 is 2.24 bits per heavy atom. The van der Waals surface area contributed by atoms with Gasteiger partial charge in [-0.05, 0) is 25.5 Å². The van der Waals surface area contributed by atoms with E-state index in [2.05, 4.69) is 0 Å². The summed E-state index contributed by atoms with van der Waals surface area (Å²) < 4.78 is 5.35. The van der Waals surface area contributed by atoms with E-state index in [1.54, 1.807) is 4.90 Å². The van der Waals surface area contributed by atoms with Gasteiger partial charge in [0.2, 0.25) is 5.91 Å². The van der Waals surface area contributed by atoms with Crippen molar-refractivity contribution in [3.8, 4) is 0 Å². The molecular formula is C16H24N2O3. The summed E-state index contributed by atoms with van der Waals surface area (Å²) in [5.74, 6) is 0.0622. The fraction of sp³-hybridized carbons (Fsp3) is 0.562. The van der Waals surface area contributed by atoms with Crippen LogP contribution in [0.25, 0.3) is 0 Å². The standard InChI is InChI=1S/C16H24N2O3/c1-3-18(15-7-5-4-6-13(15)2)16(20)10-17-8-9-21-12-14(17)11-19/h4-7,14,19H,3,8-12H2,1-2H3. The van der Waals surface area contributed by atoms with Crippen molar-refractivity contribution in [3.63, 3.8) is 0 Å². The van der Waals surface area contributed by atoms with Crippen molar-refractivity contribution in [2.24, 2.45) is 0 Å². The van der Waals surface area contributed by atoms with Gasteiger partial charge in [0.1, 0.15) is 0 Å². The summed E-state index contributed by atoms with van der Waals surface area (Å²) in [6.07, 6.45) is 0. The third-order valence-electron chi connectivity index (χ3n) is 3.92. The molecule has 1 aromatic carbocycles. The average Bonchev–Trinajstić information content (AvgIpc) is 2.50.